The molecule has 3 fully saturated rings. The maximum absolute atomic E-state index is 13.1. The van der Waals surface area contributed by atoms with E-state index in [1.807, 2.05) is 26.7 Å². The van der Waals surface area contributed by atoms with Gasteiger partial charge in [0.1, 0.15) is 5.69 Å². The maximum atomic E-state index is 13.1. The average Bonchev–Trinajstić information content (AvgIpc) is 3.18. The van der Waals surface area contributed by atoms with Gasteiger partial charge >= 0.3 is 0 Å². The summed E-state index contributed by atoms with van der Waals surface area (Å²) in [4.78, 5) is 29.3. The van der Waals surface area contributed by atoms with E-state index in [-0.39, 0.29) is 29.8 Å². The van der Waals surface area contributed by atoms with Crippen LogP contribution in [0.5, 0.6) is 0 Å². The highest BCUT2D eigenvalue weighted by Gasteiger charge is 2.45. The van der Waals surface area contributed by atoms with Gasteiger partial charge in [-0.2, -0.15) is 5.10 Å². The molecule has 2 saturated heterocycles. The van der Waals surface area contributed by atoms with Gasteiger partial charge in [0.2, 0.25) is 5.91 Å². The Hall–Kier alpha value is -1.60. The van der Waals surface area contributed by atoms with Crippen LogP contribution in [-0.2, 0) is 4.79 Å². The molecule has 8 heteroatoms. The molecule has 2 aliphatic heterocycles. The van der Waals surface area contributed by atoms with Crippen LogP contribution in [0.25, 0.3) is 0 Å². The van der Waals surface area contributed by atoms with Gasteiger partial charge in [0, 0.05) is 39.3 Å². The number of rotatable bonds is 2. The SMILES string of the molecule is CC(=O)N1CCN(C(=O)c2ccn(C3CCCNC3)n2)CC12CCCCC2.Cl. The van der Waals surface area contributed by atoms with Crippen molar-refractivity contribution in [1.82, 2.24) is 24.9 Å². The van der Waals surface area contributed by atoms with Gasteiger partial charge in [-0.3, -0.25) is 14.3 Å². The zero-order valence-corrected chi connectivity index (χ0v) is 17.5. The van der Waals surface area contributed by atoms with E-state index in [4.69, 9.17) is 0 Å². The van der Waals surface area contributed by atoms with E-state index in [1.54, 1.807) is 6.92 Å². The van der Waals surface area contributed by atoms with Crippen molar-refractivity contribution in [2.45, 2.75) is 63.5 Å². The minimum atomic E-state index is -0.173. The van der Waals surface area contributed by atoms with Crippen LogP contribution in [0.1, 0.15) is 68.4 Å². The number of nitrogens with one attached hydrogen (secondary N) is 1. The monoisotopic (exact) mass is 409 g/mol. The van der Waals surface area contributed by atoms with E-state index in [2.05, 4.69) is 10.4 Å². The molecule has 7 nitrogen and oxygen atoms in total. The molecule has 1 saturated carbocycles. The summed E-state index contributed by atoms with van der Waals surface area (Å²) in [5.41, 5.74) is 0.358. The van der Waals surface area contributed by atoms with Crippen LogP contribution < -0.4 is 5.32 Å². The molecule has 0 bridgehead atoms. The molecule has 1 unspecified atom stereocenters. The fourth-order valence-electron chi connectivity index (χ4n) is 5.16. The highest BCUT2D eigenvalue weighted by atomic mass is 35.5. The topological polar surface area (TPSA) is 70.5 Å². The summed E-state index contributed by atoms with van der Waals surface area (Å²) in [5.74, 6) is 0.142. The van der Waals surface area contributed by atoms with Crippen LogP contribution in [-0.4, -0.2) is 69.7 Å². The van der Waals surface area contributed by atoms with Gasteiger partial charge in [-0.25, -0.2) is 0 Å². The number of amides is 2. The van der Waals surface area contributed by atoms with Crippen molar-refractivity contribution in [1.29, 1.82) is 0 Å². The molecule has 3 heterocycles. The first-order chi connectivity index (χ1) is 13.1. The summed E-state index contributed by atoms with van der Waals surface area (Å²) >= 11 is 0. The third-order valence-electron chi connectivity index (χ3n) is 6.58. The Balaban J connectivity index is 0.00000225. The van der Waals surface area contributed by atoms with Gasteiger partial charge < -0.3 is 15.1 Å². The van der Waals surface area contributed by atoms with Gasteiger partial charge in [0.05, 0.1) is 11.6 Å². The predicted octanol–water partition coefficient (Wildman–Crippen LogP) is 2.24. The Kier molecular flexibility index (Phi) is 6.65. The molecule has 1 spiro atoms. The molecule has 0 aromatic carbocycles. The van der Waals surface area contributed by atoms with E-state index in [0.717, 1.165) is 51.6 Å². The predicted molar refractivity (Wildman–Crippen MR) is 110 cm³/mol. The number of piperidine rings is 1. The molecule has 156 valence electrons. The van der Waals surface area contributed by atoms with E-state index in [1.165, 1.54) is 6.42 Å². The second kappa shape index (κ2) is 8.82. The number of nitrogens with zero attached hydrogens (tertiary/aromatic N) is 4. The second-order valence-electron chi connectivity index (χ2n) is 8.36. The quantitative estimate of drug-likeness (QED) is 0.813. The molecule has 1 atom stereocenters. The molecule has 1 aliphatic carbocycles. The van der Waals surface area contributed by atoms with Crippen LogP contribution in [0.3, 0.4) is 0 Å². The molecule has 28 heavy (non-hydrogen) atoms. The van der Waals surface area contributed by atoms with Gasteiger partial charge in [-0.1, -0.05) is 19.3 Å². The first-order valence-electron chi connectivity index (χ1n) is 10.4. The standard InChI is InChI=1S/C20H31N5O2.ClH/c1-16(26)24-13-12-23(15-20(24)8-3-2-4-9-20)19(27)18-7-11-25(22-18)17-6-5-10-21-14-17;/h7,11,17,21H,2-6,8-10,12-15H2,1H3;1H. The highest BCUT2D eigenvalue weighted by molar-refractivity contribution is 5.92. The molecule has 2 amide bonds. The molecule has 1 N–H and O–H groups in total. The highest BCUT2D eigenvalue weighted by Crippen LogP contribution is 2.37. The zero-order chi connectivity index (χ0) is 18.9. The molecule has 3 aliphatic rings. The molecule has 4 rings (SSSR count). The van der Waals surface area contributed by atoms with Gasteiger partial charge in [-0.15, -0.1) is 12.4 Å². The van der Waals surface area contributed by atoms with Crippen LogP contribution in [0.15, 0.2) is 12.3 Å². The lowest BCUT2D eigenvalue weighted by atomic mass is 9.78. The zero-order valence-electron chi connectivity index (χ0n) is 16.7. The van der Waals surface area contributed by atoms with Crippen LogP contribution in [0.2, 0.25) is 0 Å². The third kappa shape index (κ3) is 4.06. The van der Waals surface area contributed by atoms with Crippen molar-refractivity contribution in [3.63, 3.8) is 0 Å². The fraction of sp³-hybridized carbons (Fsp3) is 0.750. The van der Waals surface area contributed by atoms with Crippen molar-refractivity contribution in [2.75, 3.05) is 32.7 Å². The van der Waals surface area contributed by atoms with Crippen molar-refractivity contribution in [3.05, 3.63) is 18.0 Å². The summed E-state index contributed by atoms with van der Waals surface area (Å²) in [6, 6.07) is 2.18. The maximum Gasteiger partial charge on any atom is 0.274 e. The Morgan fingerprint density at radius 2 is 1.96 bits per heavy atom. The van der Waals surface area contributed by atoms with Gasteiger partial charge in [-0.05, 0) is 38.3 Å². The van der Waals surface area contributed by atoms with Gasteiger partial charge in [0.25, 0.3) is 5.91 Å². The lowest BCUT2D eigenvalue weighted by Crippen LogP contribution is -2.65. The minimum absolute atomic E-state index is 0. The minimum Gasteiger partial charge on any atom is -0.334 e. The molecule has 1 aromatic heterocycles. The number of carbonyl (C=O) groups is 2. The van der Waals surface area contributed by atoms with E-state index in [9.17, 15) is 9.59 Å². The van der Waals surface area contributed by atoms with Gasteiger partial charge in [0.15, 0.2) is 0 Å². The van der Waals surface area contributed by atoms with Crippen LogP contribution in [0.4, 0.5) is 0 Å². The number of piperazine rings is 1. The normalized spacial score (nSPS) is 24.7. The number of hydrogen-bond donors (Lipinski definition) is 1. The van der Waals surface area contributed by atoms with Crippen molar-refractivity contribution < 1.29 is 9.59 Å². The first-order valence-corrected chi connectivity index (χ1v) is 10.4. The first kappa shape index (κ1) is 21.1. The number of carbonyl (C=O) groups excluding carboxylic acids is 2. The lowest BCUT2D eigenvalue weighted by Gasteiger charge is -2.52. The van der Waals surface area contributed by atoms with Crippen LogP contribution >= 0.6 is 12.4 Å². The Morgan fingerprint density at radius 3 is 2.64 bits per heavy atom. The third-order valence-corrected chi connectivity index (χ3v) is 6.58. The van der Waals surface area contributed by atoms with E-state index in [0.29, 0.717) is 31.4 Å². The Morgan fingerprint density at radius 1 is 1.18 bits per heavy atom. The summed E-state index contributed by atoms with van der Waals surface area (Å²) in [6.07, 6.45) is 9.67. The number of halogens is 1. The number of hydrogen-bond acceptors (Lipinski definition) is 4. The Bertz CT molecular complexity index is 695. The van der Waals surface area contributed by atoms with Crippen molar-refractivity contribution >= 4 is 24.2 Å². The lowest BCUT2D eigenvalue weighted by molar-refractivity contribution is -0.141. The summed E-state index contributed by atoms with van der Waals surface area (Å²) in [6.45, 7) is 5.51. The molecular weight excluding hydrogens is 378 g/mol. The largest absolute Gasteiger partial charge is 0.334 e. The van der Waals surface area contributed by atoms with Crippen LogP contribution in [0, 0.1) is 0 Å². The van der Waals surface area contributed by atoms with Crippen molar-refractivity contribution in [3.8, 4) is 0 Å². The smallest absolute Gasteiger partial charge is 0.274 e. The number of aromatic nitrogens is 2. The summed E-state index contributed by atoms with van der Waals surface area (Å²) < 4.78 is 1.95. The molecule has 0 radical (unpaired) electrons. The second-order valence-corrected chi connectivity index (χ2v) is 8.36. The van der Waals surface area contributed by atoms with E-state index < -0.39 is 0 Å². The van der Waals surface area contributed by atoms with Crippen molar-refractivity contribution in [2.24, 2.45) is 0 Å². The summed E-state index contributed by atoms with van der Waals surface area (Å²) in [5, 5.41) is 8.00. The fourth-order valence-corrected chi connectivity index (χ4v) is 5.16. The Labute approximate surface area is 173 Å². The van der Waals surface area contributed by atoms with E-state index >= 15 is 0 Å². The molecule has 1 aromatic rings. The molecular formula is C20H32ClN5O2. The average molecular weight is 410 g/mol. The summed E-state index contributed by atoms with van der Waals surface area (Å²) in [7, 11) is 0.